The fraction of sp³-hybridized carbons (Fsp3) is 0.783. The summed E-state index contributed by atoms with van der Waals surface area (Å²) in [5.74, 6) is -1.07. The number of alkyl halides is 3. The number of hydrogen-bond acceptors (Lipinski definition) is 6. The monoisotopic (exact) mass is 519 g/mol. The normalized spacial score (nSPS) is 24.5. The van der Waals surface area contributed by atoms with Crippen molar-refractivity contribution in [2.45, 2.75) is 83.4 Å². The smallest absolute Gasteiger partial charge is 0.423 e. The SMILES string of the molecule is CC(OCn1ncc(N2CCC(COC3CCC(C(=O)O)CC3)C2)c(C(F)(F)F)c1=O)[Si](C)(C)C. The molecule has 2 aliphatic rings. The van der Waals surface area contributed by atoms with Crippen LogP contribution in [-0.4, -0.2) is 60.5 Å². The summed E-state index contributed by atoms with van der Waals surface area (Å²) in [6, 6.07) is 0. The molecule has 12 heteroatoms. The number of ether oxygens (including phenoxy) is 2. The molecule has 1 saturated carbocycles. The Labute approximate surface area is 204 Å². The Bertz CT molecular complexity index is 942. The number of carbonyl (C=O) groups is 1. The molecule has 1 aromatic rings. The lowest BCUT2D eigenvalue weighted by Gasteiger charge is -2.27. The van der Waals surface area contributed by atoms with Gasteiger partial charge in [-0.15, -0.1) is 0 Å². The lowest BCUT2D eigenvalue weighted by atomic mass is 9.87. The summed E-state index contributed by atoms with van der Waals surface area (Å²) < 4.78 is 54.2. The lowest BCUT2D eigenvalue weighted by Crippen LogP contribution is -2.40. The van der Waals surface area contributed by atoms with E-state index in [0.29, 0.717) is 51.8 Å². The molecular weight excluding hydrogens is 483 g/mol. The van der Waals surface area contributed by atoms with Crippen LogP contribution in [0.2, 0.25) is 19.6 Å². The molecule has 198 valence electrons. The van der Waals surface area contributed by atoms with Crippen molar-refractivity contribution in [2.75, 3.05) is 24.6 Å². The quantitative estimate of drug-likeness (QED) is 0.493. The van der Waals surface area contributed by atoms with Gasteiger partial charge in [-0.2, -0.15) is 18.3 Å². The van der Waals surface area contributed by atoms with Gasteiger partial charge in [-0.3, -0.25) is 9.59 Å². The molecule has 2 heterocycles. The average Bonchev–Trinajstić information content (AvgIpc) is 3.24. The highest BCUT2D eigenvalue weighted by atomic mass is 28.3. The topological polar surface area (TPSA) is 93.9 Å². The summed E-state index contributed by atoms with van der Waals surface area (Å²) in [6.45, 7) is 8.87. The van der Waals surface area contributed by atoms with Crippen LogP contribution >= 0.6 is 0 Å². The van der Waals surface area contributed by atoms with Crippen molar-refractivity contribution in [3.63, 3.8) is 0 Å². The standard InChI is InChI=1S/C23H36F3N3O5Si/c1-15(35(2,3)4)34-14-29-21(30)20(23(24,25)26)19(11-27-29)28-10-9-16(12-28)13-33-18-7-5-17(6-8-18)22(31)32/h11,15-18H,5-10,12-14H2,1-4H3,(H,31,32). The van der Waals surface area contributed by atoms with Crippen molar-refractivity contribution in [3.05, 3.63) is 22.1 Å². The van der Waals surface area contributed by atoms with Gasteiger partial charge in [0.1, 0.15) is 12.3 Å². The van der Waals surface area contributed by atoms with Gasteiger partial charge in [0.25, 0.3) is 5.56 Å². The Morgan fingerprint density at radius 2 is 1.89 bits per heavy atom. The summed E-state index contributed by atoms with van der Waals surface area (Å²) >= 11 is 0. The molecule has 1 N–H and O–H groups in total. The molecule has 0 spiro atoms. The van der Waals surface area contributed by atoms with Gasteiger partial charge in [-0.1, -0.05) is 19.6 Å². The molecule has 2 atom stereocenters. The molecular formula is C23H36F3N3O5Si. The second-order valence-corrected chi connectivity index (χ2v) is 16.3. The molecule has 1 aliphatic carbocycles. The summed E-state index contributed by atoms with van der Waals surface area (Å²) in [5, 5.41) is 13.1. The second-order valence-electron chi connectivity index (χ2n) is 10.8. The van der Waals surface area contributed by atoms with Crippen LogP contribution in [-0.2, 0) is 27.2 Å². The number of aliphatic carboxylic acids is 1. The number of halogens is 3. The molecule has 0 radical (unpaired) electrons. The van der Waals surface area contributed by atoms with E-state index in [2.05, 4.69) is 24.7 Å². The van der Waals surface area contributed by atoms with Crippen LogP contribution in [0.4, 0.5) is 18.9 Å². The first-order valence-electron chi connectivity index (χ1n) is 12.2. The van der Waals surface area contributed by atoms with Gasteiger partial charge < -0.3 is 19.5 Å². The lowest BCUT2D eigenvalue weighted by molar-refractivity contribution is -0.144. The van der Waals surface area contributed by atoms with E-state index in [-0.39, 0.29) is 36.1 Å². The van der Waals surface area contributed by atoms with E-state index < -0.39 is 31.3 Å². The van der Waals surface area contributed by atoms with Crippen LogP contribution in [0.5, 0.6) is 0 Å². The third kappa shape index (κ3) is 7.07. The summed E-state index contributed by atoms with van der Waals surface area (Å²) in [5.41, 5.74) is -2.77. The van der Waals surface area contributed by atoms with Gasteiger partial charge in [-0.25, -0.2) is 4.68 Å². The zero-order valence-corrected chi connectivity index (χ0v) is 21.8. The fourth-order valence-corrected chi connectivity index (χ4v) is 5.02. The molecule has 1 aliphatic heterocycles. The molecule has 0 amide bonds. The third-order valence-corrected chi connectivity index (χ3v) is 9.80. The molecule has 1 aromatic heterocycles. The Hall–Kier alpha value is -1.92. The van der Waals surface area contributed by atoms with E-state index in [1.54, 1.807) is 4.90 Å². The summed E-state index contributed by atoms with van der Waals surface area (Å²) in [7, 11) is -1.68. The Balaban J connectivity index is 1.64. The summed E-state index contributed by atoms with van der Waals surface area (Å²) in [4.78, 5) is 25.4. The van der Waals surface area contributed by atoms with Crippen molar-refractivity contribution >= 4 is 19.7 Å². The van der Waals surface area contributed by atoms with Crippen molar-refractivity contribution in [1.82, 2.24) is 9.78 Å². The highest BCUT2D eigenvalue weighted by Crippen LogP contribution is 2.36. The Morgan fingerprint density at radius 3 is 2.46 bits per heavy atom. The minimum atomic E-state index is -4.82. The molecule has 35 heavy (non-hydrogen) atoms. The largest absolute Gasteiger partial charge is 0.481 e. The van der Waals surface area contributed by atoms with Crippen molar-refractivity contribution in [1.29, 1.82) is 0 Å². The molecule has 2 unspecified atom stereocenters. The van der Waals surface area contributed by atoms with E-state index >= 15 is 0 Å². The van der Waals surface area contributed by atoms with Crippen molar-refractivity contribution in [2.24, 2.45) is 11.8 Å². The van der Waals surface area contributed by atoms with Gasteiger partial charge >= 0.3 is 12.1 Å². The molecule has 8 nitrogen and oxygen atoms in total. The number of carboxylic acid groups (broad SMARTS) is 1. The minimum absolute atomic E-state index is 0.0190. The first-order valence-corrected chi connectivity index (χ1v) is 15.7. The van der Waals surface area contributed by atoms with Gasteiger partial charge in [-0.05, 0) is 39.0 Å². The maximum absolute atomic E-state index is 13.9. The molecule has 1 saturated heterocycles. The third-order valence-electron chi connectivity index (χ3n) is 7.19. The van der Waals surface area contributed by atoms with E-state index in [9.17, 15) is 22.8 Å². The van der Waals surface area contributed by atoms with Gasteiger partial charge in [0.05, 0.1) is 38.6 Å². The van der Waals surface area contributed by atoms with Crippen molar-refractivity contribution < 1.29 is 32.5 Å². The number of aromatic nitrogens is 2. The number of rotatable bonds is 9. The van der Waals surface area contributed by atoms with Crippen LogP contribution in [0.15, 0.2) is 11.0 Å². The fourth-order valence-electron chi connectivity index (χ4n) is 4.45. The molecule has 0 aromatic carbocycles. The van der Waals surface area contributed by atoms with Crippen LogP contribution in [0.1, 0.15) is 44.6 Å². The van der Waals surface area contributed by atoms with Crippen molar-refractivity contribution in [3.8, 4) is 0 Å². The van der Waals surface area contributed by atoms with Crippen LogP contribution in [0.25, 0.3) is 0 Å². The number of nitrogens with zero attached hydrogens (tertiary/aromatic N) is 3. The maximum Gasteiger partial charge on any atom is 0.423 e. The summed E-state index contributed by atoms with van der Waals surface area (Å²) in [6.07, 6.45) is -0.584. The molecule has 3 rings (SSSR count). The van der Waals surface area contributed by atoms with E-state index in [1.165, 1.54) is 0 Å². The predicted molar refractivity (Wildman–Crippen MR) is 127 cm³/mol. The second kappa shape index (κ2) is 11.0. The van der Waals surface area contributed by atoms with Gasteiger partial charge in [0, 0.05) is 24.7 Å². The van der Waals surface area contributed by atoms with E-state index in [0.717, 1.165) is 10.9 Å². The van der Waals surface area contributed by atoms with Gasteiger partial charge in [0.15, 0.2) is 0 Å². The predicted octanol–water partition coefficient (Wildman–Crippen LogP) is 3.99. The minimum Gasteiger partial charge on any atom is -0.481 e. The highest BCUT2D eigenvalue weighted by molar-refractivity contribution is 6.77. The average molecular weight is 520 g/mol. The van der Waals surface area contributed by atoms with E-state index in [4.69, 9.17) is 14.6 Å². The first kappa shape index (κ1) is 27.7. The number of carboxylic acids is 1. The molecule has 0 bridgehead atoms. The van der Waals surface area contributed by atoms with Crippen LogP contribution in [0, 0.1) is 11.8 Å². The van der Waals surface area contributed by atoms with E-state index in [1.807, 2.05) is 6.92 Å². The Kier molecular flexibility index (Phi) is 8.69. The number of anilines is 1. The molecule has 2 fully saturated rings. The zero-order chi connectivity index (χ0) is 26.0. The number of hydrogen-bond donors (Lipinski definition) is 1. The maximum atomic E-state index is 13.9. The first-order chi connectivity index (χ1) is 16.3. The highest BCUT2D eigenvalue weighted by Gasteiger charge is 2.41. The Morgan fingerprint density at radius 1 is 1.23 bits per heavy atom. The van der Waals surface area contributed by atoms with Crippen LogP contribution < -0.4 is 10.5 Å². The zero-order valence-electron chi connectivity index (χ0n) is 20.8. The van der Waals surface area contributed by atoms with Gasteiger partial charge in [0.2, 0.25) is 0 Å². The van der Waals surface area contributed by atoms with Crippen LogP contribution in [0.3, 0.4) is 0 Å².